The summed E-state index contributed by atoms with van der Waals surface area (Å²) in [6, 6.07) is 10.2. The van der Waals surface area contributed by atoms with Gasteiger partial charge in [0, 0.05) is 23.3 Å². The Hall–Kier alpha value is -4.60. The molecular weight excluding hydrogens is 492 g/mol. The number of nitrogens with zero attached hydrogens (tertiary/aromatic N) is 2. The highest BCUT2D eigenvalue weighted by Crippen LogP contribution is 2.28. The van der Waals surface area contributed by atoms with E-state index in [1.54, 1.807) is 48.6 Å². The SMILES string of the molecule is C=CCC/C(=N\OC(=O)C(=O)O/N=C(\CCC=C)c1ccc(OC)cc1OC)c1ccc(OC)cc1OC. The second-order valence-electron chi connectivity index (χ2n) is 7.62. The first-order valence-corrected chi connectivity index (χ1v) is 11.6. The van der Waals surface area contributed by atoms with Gasteiger partial charge in [-0.2, -0.15) is 0 Å². The van der Waals surface area contributed by atoms with Crippen LogP contribution in [0.5, 0.6) is 23.0 Å². The molecule has 2 aromatic rings. The number of carbonyl (C=O) groups excluding carboxylic acids is 2. The number of benzene rings is 2. The molecule has 2 aromatic carbocycles. The number of hydrogen-bond donors (Lipinski definition) is 0. The second kappa shape index (κ2) is 15.5. The summed E-state index contributed by atoms with van der Waals surface area (Å²) in [5.74, 6) is -0.628. The Morgan fingerprint density at radius 3 is 1.39 bits per heavy atom. The molecule has 0 atom stereocenters. The predicted molar refractivity (Wildman–Crippen MR) is 143 cm³/mol. The molecule has 0 amide bonds. The smallest absolute Gasteiger partial charge is 0.445 e. The van der Waals surface area contributed by atoms with Crippen molar-refractivity contribution in [3.63, 3.8) is 0 Å². The molecule has 0 bridgehead atoms. The van der Waals surface area contributed by atoms with Gasteiger partial charge in [-0.25, -0.2) is 9.59 Å². The first kappa shape index (κ1) is 29.6. The van der Waals surface area contributed by atoms with Gasteiger partial charge in [0.05, 0.1) is 39.9 Å². The average Bonchev–Trinajstić information content (AvgIpc) is 2.96. The van der Waals surface area contributed by atoms with E-state index in [1.807, 2.05) is 0 Å². The molecule has 0 heterocycles. The molecular formula is C28H32N2O8. The number of methoxy groups -OCH3 is 4. The maximum atomic E-state index is 12.4. The minimum Gasteiger partial charge on any atom is -0.497 e. The molecule has 0 radical (unpaired) electrons. The van der Waals surface area contributed by atoms with Crippen LogP contribution in [0, 0.1) is 0 Å². The van der Waals surface area contributed by atoms with Crippen LogP contribution in [0.15, 0.2) is 72.0 Å². The molecule has 0 aliphatic rings. The fourth-order valence-corrected chi connectivity index (χ4v) is 3.28. The summed E-state index contributed by atoms with van der Waals surface area (Å²) in [5, 5.41) is 7.80. The third kappa shape index (κ3) is 8.22. The van der Waals surface area contributed by atoms with Crippen LogP contribution in [-0.4, -0.2) is 51.8 Å². The van der Waals surface area contributed by atoms with Gasteiger partial charge in [-0.05, 0) is 49.9 Å². The molecule has 0 spiro atoms. The van der Waals surface area contributed by atoms with E-state index in [0.29, 0.717) is 71.2 Å². The summed E-state index contributed by atoms with van der Waals surface area (Å²) in [5.41, 5.74) is 1.85. The molecule has 0 N–H and O–H groups in total. The van der Waals surface area contributed by atoms with Crippen molar-refractivity contribution in [2.75, 3.05) is 28.4 Å². The van der Waals surface area contributed by atoms with E-state index in [2.05, 4.69) is 23.5 Å². The molecule has 0 saturated heterocycles. The van der Waals surface area contributed by atoms with Gasteiger partial charge in [0.2, 0.25) is 0 Å². The largest absolute Gasteiger partial charge is 0.497 e. The lowest BCUT2D eigenvalue weighted by atomic mass is 10.0. The molecule has 0 unspecified atom stereocenters. The van der Waals surface area contributed by atoms with E-state index in [-0.39, 0.29) is 0 Å². The highest BCUT2D eigenvalue weighted by molar-refractivity contribution is 6.29. The van der Waals surface area contributed by atoms with Gasteiger partial charge in [-0.3, -0.25) is 0 Å². The molecule has 10 heteroatoms. The summed E-state index contributed by atoms with van der Waals surface area (Å²) >= 11 is 0. The maximum absolute atomic E-state index is 12.4. The topological polar surface area (TPSA) is 114 Å². The average molecular weight is 525 g/mol. The fraction of sp³-hybridized carbons (Fsp3) is 0.286. The third-order valence-corrected chi connectivity index (χ3v) is 5.25. The standard InChI is InChI=1S/C28H32N2O8/c1-7-9-11-23(21-15-13-19(33-3)17-25(21)35-5)29-37-27(31)28(32)38-30-24(12-10-8-2)22-16-14-20(34-4)18-26(22)36-6/h7-8,13-18H,1-2,9-12H2,3-6H3/b29-23+,30-24+. The first-order chi connectivity index (χ1) is 18.4. The minimum absolute atomic E-state index is 0.365. The van der Waals surface area contributed by atoms with Crippen LogP contribution >= 0.6 is 0 Å². The third-order valence-electron chi connectivity index (χ3n) is 5.25. The predicted octanol–water partition coefficient (Wildman–Crippen LogP) is 4.85. The van der Waals surface area contributed by atoms with Crippen LogP contribution in [0.4, 0.5) is 0 Å². The van der Waals surface area contributed by atoms with Crippen LogP contribution in [0.25, 0.3) is 0 Å². The number of hydrogen-bond acceptors (Lipinski definition) is 10. The molecule has 0 aliphatic heterocycles. The van der Waals surface area contributed by atoms with E-state index in [1.165, 1.54) is 28.4 Å². The molecule has 38 heavy (non-hydrogen) atoms. The van der Waals surface area contributed by atoms with Gasteiger partial charge < -0.3 is 28.6 Å². The van der Waals surface area contributed by atoms with Crippen molar-refractivity contribution in [3.8, 4) is 23.0 Å². The quantitative estimate of drug-likeness (QED) is 0.113. The summed E-state index contributed by atoms with van der Waals surface area (Å²) in [6.45, 7) is 7.41. The molecule has 0 aliphatic carbocycles. The van der Waals surface area contributed by atoms with Crippen molar-refractivity contribution in [1.29, 1.82) is 0 Å². The van der Waals surface area contributed by atoms with Gasteiger partial charge in [-0.1, -0.05) is 22.5 Å². The molecule has 0 fully saturated rings. The van der Waals surface area contributed by atoms with Crippen molar-refractivity contribution in [3.05, 3.63) is 72.8 Å². The zero-order chi connectivity index (χ0) is 27.9. The van der Waals surface area contributed by atoms with E-state index in [9.17, 15) is 9.59 Å². The van der Waals surface area contributed by atoms with Crippen molar-refractivity contribution in [1.82, 2.24) is 0 Å². The Morgan fingerprint density at radius 1 is 0.684 bits per heavy atom. The lowest BCUT2D eigenvalue weighted by Crippen LogP contribution is -2.18. The summed E-state index contributed by atoms with van der Waals surface area (Å²) in [7, 11) is 6.05. The van der Waals surface area contributed by atoms with Gasteiger partial charge in [0.1, 0.15) is 23.0 Å². The summed E-state index contributed by atoms with van der Waals surface area (Å²) < 4.78 is 21.3. The first-order valence-electron chi connectivity index (χ1n) is 11.6. The fourth-order valence-electron chi connectivity index (χ4n) is 3.28. The molecule has 10 nitrogen and oxygen atoms in total. The monoisotopic (exact) mass is 524 g/mol. The van der Waals surface area contributed by atoms with Crippen LogP contribution < -0.4 is 18.9 Å². The summed E-state index contributed by atoms with van der Waals surface area (Å²) in [6.07, 6.45) is 5.20. The summed E-state index contributed by atoms with van der Waals surface area (Å²) in [4.78, 5) is 34.5. The zero-order valence-corrected chi connectivity index (χ0v) is 22.0. The van der Waals surface area contributed by atoms with Gasteiger partial charge in [0.25, 0.3) is 0 Å². The van der Waals surface area contributed by atoms with Crippen molar-refractivity contribution in [2.24, 2.45) is 10.3 Å². The number of rotatable bonds is 14. The van der Waals surface area contributed by atoms with Crippen molar-refractivity contribution >= 4 is 23.4 Å². The lowest BCUT2D eigenvalue weighted by Gasteiger charge is -2.12. The van der Waals surface area contributed by atoms with Crippen LogP contribution in [0.3, 0.4) is 0 Å². The van der Waals surface area contributed by atoms with Crippen molar-refractivity contribution < 1.29 is 38.2 Å². The second-order valence-corrected chi connectivity index (χ2v) is 7.62. The van der Waals surface area contributed by atoms with Crippen LogP contribution in [0.2, 0.25) is 0 Å². The van der Waals surface area contributed by atoms with Crippen LogP contribution in [0.1, 0.15) is 36.8 Å². The van der Waals surface area contributed by atoms with E-state index < -0.39 is 11.9 Å². The Kier molecular flexibility index (Phi) is 12.1. The number of carbonyl (C=O) groups is 2. The Labute approximate surface area is 222 Å². The normalized spacial score (nSPS) is 11.3. The molecule has 0 saturated carbocycles. The number of ether oxygens (including phenoxy) is 4. The molecule has 2 rings (SSSR count). The Balaban J connectivity index is 2.26. The highest BCUT2D eigenvalue weighted by Gasteiger charge is 2.21. The lowest BCUT2D eigenvalue weighted by molar-refractivity contribution is -0.167. The molecule has 0 aromatic heterocycles. The van der Waals surface area contributed by atoms with Gasteiger partial charge in [0.15, 0.2) is 0 Å². The Morgan fingerprint density at radius 2 is 1.08 bits per heavy atom. The maximum Gasteiger partial charge on any atom is 0.445 e. The van der Waals surface area contributed by atoms with E-state index in [0.717, 1.165) is 0 Å². The number of allylic oxidation sites excluding steroid dienone is 2. The van der Waals surface area contributed by atoms with E-state index >= 15 is 0 Å². The zero-order valence-electron chi connectivity index (χ0n) is 22.0. The van der Waals surface area contributed by atoms with Crippen molar-refractivity contribution in [2.45, 2.75) is 25.7 Å². The highest BCUT2D eigenvalue weighted by atomic mass is 16.7. The number of oxime groups is 2. The Bertz CT molecular complexity index is 1110. The van der Waals surface area contributed by atoms with Gasteiger partial charge in [-0.15, -0.1) is 13.2 Å². The minimum atomic E-state index is -1.35. The van der Waals surface area contributed by atoms with E-state index in [4.69, 9.17) is 28.6 Å². The molecule has 202 valence electrons. The van der Waals surface area contributed by atoms with Gasteiger partial charge >= 0.3 is 11.9 Å². The van der Waals surface area contributed by atoms with Crippen LogP contribution in [-0.2, 0) is 19.3 Å².